The molecule has 0 aliphatic heterocycles. The van der Waals surface area contributed by atoms with Crippen LogP contribution in [0.2, 0.25) is 0 Å². The zero-order chi connectivity index (χ0) is 37.5. The van der Waals surface area contributed by atoms with Crippen LogP contribution in [0, 0.1) is 0 Å². The van der Waals surface area contributed by atoms with Crippen LogP contribution in [0.3, 0.4) is 0 Å². The van der Waals surface area contributed by atoms with Crippen LogP contribution in [0.25, 0.3) is 122 Å². The van der Waals surface area contributed by atoms with Crippen molar-refractivity contribution in [2.75, 3.05) is 0 Å². The fraction of sp³-hybridized carbons (Fsp3) is 0. The van der Waals surface area contributed by atoms with Crippen molar-refractivity contribution in [3.63, 3.8) is 0 Å². The maximum atomic E-state index is 6.62. The van der Waals surface area contributed by atoms with E-state index >= 15 is 0 Å². The van der Waals surface area contributed by atoms with Gasteiger partial charge in [-0.3, -0.25) is 0 Å². The highest BCUT2D eigenvalue weighted by atomic mass is 16.3. The quantitative estimate of drug-likeness (QED) is 0.175. The average molecular weight is 732 g/mol. The fourth-order valence-electron chi connectivity index (χ4n) is 8.18. The summed E-state index contributed by atoms with van der Waals surface area (Å²) in [6.07, 6.45) is 0. The Kier molecular flexibility index (Phi) is 6.83. The van der Waals surface area contributed by atoms with Gasteiger partial charge < -0.3 is 13.3 Å². The van der Waals surface area contributed by atoms with E-state index in [0.717, 1.165) is 105 Å². The van der Waals surface area contributed by atoms with Crippen LogP contribution in [-0.4, -0.2) is 15.0 Å². The van der Waals surface area contributed by atoms with Gasteiger partial charge in [-0.1, -0.05) is 127 Å². The van der Waals surface area contributed by atoms with Crippen LogP contribution in [0.5, 0.6) is 0 Å². The van der Waals surface area contributed by atoms with E-state index < -0.39 is 0 Å². The first kappa shape index (κ1) is 31.5. The van der Waals surface area contributed by atoms with Gasteiger partial charge in [-0.15, -0.1) is 0 Å². The monoisotopic (exact) mass is 731 g/mol. The lowest BCUT2D eigenvalue weighted by Gasteiger charge is -2.09. The molecule has 4 aromatic heterocycles. The molecule has 8 aromatic carbocycles. The average Bonchev–Trinajstić information content (AvgIpc) is 3.97. The van der Waals surface area contributed by atoms with Crippen molar-refractivity contribution in [3.8, 4) is 56.4 Å². The second-order valence-electron chi connectivity index (χ2n) is 14.3. The molecule has 12 aromatic rings. The van der Waals surface area contributed by atoms with Gasteiger partial charge in [0.15, 0.2) is 17.5 Å². The van der Waals surface area contributed by atoms with E-state index in [1.807, 2.05) is 78.9 Å². The van der Waals surface area contributed by atoms with Crippen molar-refractivity contribution in [3.05, 3.63) is 176 Å². The molecule has 0 fully saturated rings. The van der Waals surface area contributed by atoms with E-state index in [4.69, 9.17) is 28.2 Å². The first-order valence-electron chi connectivity index (χ1n) is 18.9. The largest absolute Gasteiger partial charge is 0.456 e. The molecule has 0 aliphatic carbocycles. The molecular weight excluding hydrogens is 703 g/mol. The van der Waals surface area contributed by atoms with Gasteiger partial charge in [0, 0.05) is 49.0 Å². The zero-order valence-electron chi connectivity index (χ0n) is 30.3. The molecule has 12 rings (SSSR count). The summed E-state index contributed by atoms with van der Waals surface area (Å²) in [5, 5.41) is 6.28. The van der Waals surface area contributed by atoms with Crippen molar-refractivity contribution < 1.29 is 13.3 Å². The SMILES string of the molecule is c1ccc(-c2ccc3c(c2)oc2c(-c4ccc5oc6cc(-c7nc(-c8ccccc8)nc(-c8cccc9c8oc8ccccc89)n7)ccc6c5c4)cccc23)cc1. The van der Waals surface area contributed by atoms with Gasteiger partial charge >= 0.3 is 0 Å². The Morgan fingerprint density at radius 2 is 0.789 bits per heavy atom. The third kappa shape index (κ3) is 5.08. The number of nitrogens with zero attached hydrogens (tertiary/aromatic N) is 3. The van der Waals surface area contributed by atoms with E-state index in [1.165, 1.54) is 0 Å². The lowest BCUT2D eigenvalue weighted by molar-refractivity contribution is 0.668. The summed E-state index contributed by atoms with van der Waals surface area (Å²) < 4.78 is 19.5. The number of hydrogen-bond donors (Lipinski definition) is 0. The molecule has 57 heavy (non-hydrogen) atoms. The molecule has 0 radical (unpaired) electrons. The molecule has 0 bridgehead atoms. The summed E-state index contributed by atoms with van der Waals surface area (Å²) in [5.74, 6) is 1.66. The Bertz CT molecular complexity index is 3530. The molecule has 0 amide bonds. The summed E-state index contributed by atoms with van der Waals surface area (Å²) in [7, 11) is 0. The minimum absolute atomic E-state index is 0.536. The Morgan fingerprint density at radius 1 is 0.263 bits per heavy atom. The maximum absolute atomic E-state index is 6.62. The number of benzene rings is 8. The van der Waals surface area contributed by atoms with Crippen LogP contribution in [0.1, 0.15) is 0 Å². The van der Waals surface area contributed by atoms with Crippen molar-refractivity contribution in [1.29, 1.82) is 0 Å². The molecule has 6 nitrogen and oxygen atoms in total. The summed E-state index contributed by atoms with van der Waals surface area (Å²) >= 11 is 0. The molecule has 0 spiro atoms. The number of furan rings is 3. The van der Waals surface area contributed by atoms with E-state index in [2.05, 4.69) is 97.1 Å². The topological polar surface area (TPSA) is 78.1 Å². The van der Waals surface area contributed by atoms with Crippen LogP contribution in [-0.2, 0) is 0 Å². The molecule has 6 heteroatoms. The van der Waals surface area contributed by atoms with E-state index in [9.17, 15) is 0 Å². The van der Waals surface area contributed by atoms with E-state index in [1.54, 1.807) is 0 Å². The highest BCUT2D eigenvalue weighted by molar-refractivity contribution is 6.13. The summed E-state index contributed by atoms with van der Waals surface area (Å²) in [4.78, 5) is 15.1. The van der Waals surface area contributed by atoms with Gasteiger partial charge in [0.05, 0.1) is 5.56 Å². The molecule has 0 unspecified atom stereocenters. The Morgan fingerprint density at radius 3 is 1.60 bits per heavy atom. The van der Waals surface area contributed by atoms with Crippen LogP contribution < -0.4 is 0 Å². The Hall–Kier alpha value is -7.83. The predicted molar refractivity (Wildman–Crippen MR) is 229 cm³/mol. The van der Waals surface area contributed by atoms with Gasteiger partial charge in [-0.25, -0.2) is 15.0 Å². The van der Waals surface area contributed by atoms with Crippen molar-refractivity contribution in [2.45, 2.75) is 0 Å². The van der Waals surface area contributed by atoms with Crippen molar-refractivity contribution in [2.24, 2.45) is 0 Å². The lowest BCUT2D eigenvalue weighted by atomic mass is 9.99. The highest BCUT2D eigenvalue weighted by Gasteiger charge is 2.20. The predicted octanol–water partition coefficient (Wildman–Crippen LogP) is 13.9. The van der Waals surface area contributed by atoms with Gasteiger partial charge in [0.25, 0.3) is 0 Å². The molecule has 0 N–H and O–H groups in total. The van der Waals surface area contributed by atoms with E-state index in [-0.39, 0.29) is 0 Å². The normalized spacial score (nSPS) is 11.9. The molecule has 266 valence electrons. The number of fused-ring (bicyclic) bond motifs is 9. The van der Waals surface area contributed by atoms with Gasteiger partial charge in [-0.05, 0) is 65.2 Å². The third-order valence-corrected chi connectivity index (χ3v) is 11.0. The van der Waals surface area contributed by atoms with E-state index in [0.29, 0.717) is 17.5 Å². The molecule has 0 aliphatic rings. The smallest absolute Gasteiger partial charge is 0.167 e. The Labute approximate surface area is 325 Å². The lowest BCUT2D eigenvalue weighted by Crippen LogP contribution is -2.00. The maximum Gasteiger partial charge on any atom is 0.167 e. The summed E-state index contributed by atoms with van der Waals surface area (Å²) in [6.45, 7) is 0. The number of hydrogen-bond acceptors (Lipinski definition) is 6. The fourth-order valence-corrected chi connectivity index (χ4v) is 8.18. The number of aromatic nitrogens is 3. The van der Waals surface area contributed by atoms with Crippen LogP contribution in [0.4, 0.5) is 0 Å². The summed E-state index contributed by atoms with van der Waals surface area (Å²) in [5.41, 5.74) is 11.7. The van der Waals surface area contributed by atoms with Crippen molar-refractivity contribution >= 4 is 65.8 Å². The van der Waals surface area contributed by atoms with Gasteiger partial charge in [0.2, 0.25) is 0 Å². The molecular formula is C51H29N3O3. The first-order valence-corrected chi connectivity index (χ1v) is 18.9. The Balaban J connectivity index is 0.973. The second kappa shape index (κ2) is 12.3. The van der Waals surface area contributed by atoms with Gasteiger partial charge in [-0.2, -0.15) is 0 Å². The second-order valence-corrected chi connectivity index (χ2v) is 14.3. The minimum Gasteiger partial charge on any atom is -0.456 e. The molecule has 4 heterocycles. The van der Waals surface area contributed by atoms with Crippen LogP contribution >= 0.6 is 0 Å². The summed E-state index contributed by atoms with van der Waals surface area (Å²) in [6, 6.07) is 59.9. The van der Waals surface area contributed by atoms with Gasteiger partial charge in [0.1, 0.15) is 33.5 Å². The molecule has 0 saturated carbocycles. The minimum atomic E-state index is 0.536. The number of para-hydroxylation sites is 3. The zero-order valence-corrected chi connectivity index (χ0v) is 30.3. The number of rotatable bonds is 5. The first-order chi connectivity index (χ1) is 28.2. The molecule has 0 saturated heterocycles. The molecule has 0 atom stereocenters. The van der Waals surface area contributed by atoms with Crippen LogP contribution in [0.15, 0.2) is 189 Å². The third-order valence-electron chi connectivity index (χ3n) is 11.0. The highest BCUT2D eigenvalue weighted by Crippen LogP contribution is 2.41. The standard InChI is InChI=1S/C51H29N3O3/c1-3-11-30(12-4-1)32-21-24-37-40-17-9-16-35(47(40)57-46(37)28-32)33-23-26-44-42(27-33)38-25-22-34(29-45(38)55-44)50-52-49(31-13-5-2-6-14-31)53-51(54-50)41-19-10-18-39-36-15-7-8-20-43(36)56-48(39)41/h1-29H. The van der Waals surface area contributed by atoms with Crippen molar-refractivity contribution in [1.82, 2.24) is 15.0 Å².